The van der Waals surface area contributed by atoms with Gasteiger partial charge < -0.3 is 19.2 Å². The highest BCUT2D eigenvalue weighted by Gasteiger charge is 2.52. The van der Waals surface area contributed by atoms with Crippen LogP contribution in [-0.2, 0) is 18.7 Å². The maximum Gasteiger partial charge on any atom is 0.272 e. The molecule has 0 bridgehead atoms. The smallest absolute Gasteiger partial charge is 0.272 e. The van der Waals surface area contributed by atoms with Gasteiger partial charge in [-0.2, -0.15) is 0 Å². The van der Waals surface area contributed by atoms with Crippen LogP contribution in [0.15, 0.2) is 85.0 Å². The molecule has 2 aliphatic rings. The molecule has 0 aromatic heterocycles. The molecular formula is C32H40Cl3NO4Si. The summed E-state index contributed by atoms with van der Waals surface area (Å²) in [5.41, 5.74) is 0.230. The number of amides is 1. The highest BCUT2D eigenvalue weighted by Crippen LogP contribution is 2.43. The van der Waals surface area contributed by atoms with Gasteiger partial charge in [0.2, 0.25) is 0 Å². The lowest BCUT2D eigenvalue weighted by Gasteiger charge is -2.46. The average Bonchev–Trinajstić information content (AvgIpc) is 3.28. The van der Waals surface area contributed by atoms with Crippen molar-refractivity contribution >= 4 is 59.4 Å². The van der Waals surface area contributed by atoms with Gasteiger partial charge in [0.25, 0.3) is 18.0 Å². The molecule has 1 amide bonds. The van der Waals surface area contributed by atoms with Gasteiger partial charge in [0.05, 0.1) is 24.9 Å². The third-order valence-corrected chi connectivity index (χ3v) is 13.7. The molecule has 2 aromatic rings. The van der Waals surface area contributed by atoms with Crippen LogP contribution < -0.4 is 15.7 Å². The van der Waals surface area contributed by atoms with Crippen LogP contribution in [0.1, 0.15) is 47.5 Å². The van der Waals surface area contributed by atoms with Crippen LogP contribution in [0.25, 0.3) is 0 Å². The third kappa shape index (κ3) is 6.80. The minimum absolute atomic E-state index is 0.153. The number of carbonyl (C=O) groups is 1. The highest BCUT2D eigenvalue weighted by molar-refractivity contribution is 6.99. The van der Waals surface area contributed by atoms with Gasteiger partial charge in [-0.3, -0.25) is 4.79 Å². The Bertz CT molecular complexity index is 1220. The predicted molar refractivity (Wildman–Crippen MR) is 171 cm³/mol. The van der Waals surface area contributed by atoms with Crippen molar-refractivity contribution in [2.24, 2.45) is 5.92 Å². The van der Waals surface area contributed by atoms with E-state index in [2.05, 4.69) is 87.3 Å². The molecule has 5 nitrogen and oxygen atoms in total. The molecule has 9 heteroatoms. The molecule has 2 aromatic carbocycles. The topological polar surface area (TPSA) is 56.8 Å². The first kappa shape index (κ1) is 32.3. The summed E-state index contributed by atoms with van der Waals surface area (Å²) in [5, 5.41) is 5.26. The van der Waals surface area contributed by atoms with Crippen LogP contribution >= 0.6 is 34.8 Å². The zero-order valence-corrected chi connectivity index (χ0v) is 27.7. The molecule has 0 spiro atoms. The van der Waals surface area contributed by atoms with E-state index in [4.69, 9.17) is 48.7 Å². The van der Waals surface area contributed by atoms with Crippen LogP contribution in [0.4, 0.5) is 0 Å². The van der Waals surface area contributed by atoms with Crippen LogP contribution in [0.2, 0.25) is 5.04 Å². The molecule has 1 unspecified atom stereocenters. The van der Waals surface area contributed by atoms with E-state index in [1.54, 1.807) is 6.08 Å². The van der Waals surface area contributed by atoms with Gasteiger partial charge in [-0.1, -0.05) is 128 Å². The molecule has 3 atom stereocenters. The molecule has 1 saturated heterocycles. The van der Waals surface area contributed by atoms with Gasteiger partial charge in [-0.15, -0.1) is 6.58 Å². The van der Waals surface area contributed by atoms with Crippen LogP contribution in [0.3, 0.4) is 0 Å². The minimum Gasteiger partial charge on any atom is -0.403 e. The Kier molecular flexibility index (Phi) is 9.57. The SMILES string of the molecule is C=C[C@]1(NC(=O)C(Cl)(Cl)Cl)CC=C(CO[Si](c2ccccc2)(c2ccccc2)C(C)(C)C)CC1[C@H]1COC(C)(C)O1. The standard InChI is InChI=1S/C32H40Cl3NO4Si/c1-7-31(36-28(37)32(33,34)35)19-18-23(20-26(31)27-22-38-30(5,6)40-27)21-39-41(29(2,3)4,24-14-10-8-11-15-24)25-16-12-9-13-17-25/h7-18,26-27H,1,19-22H2,2-6H3,(H,36,37)/t26?,27-,31+/m1/s1. The van der Waals surface area contributed by atoms with E-state index >= 15 is 0 Å². The van der Waals surface area contributed by atoms with Gasteiger partial charge in [0.1, 0.15) is 0 Å². The van der Waals surface area contributed by atoms with E-state index in [-0.39, 0.29) is 17.1 Å². The maximum atomic E-state index is 12.9. The first-order valence-corrected chi connectivity index (χ1v) is 17.0. The van der Waals surface area contributed by atoms with Crippen molar-refractivity contribution in [2.45, 2.75) is 73.7 Å². The molecule has 1 N–H and O–H groups in total. The fourth-order valence-corrected chi connectivity index (χ4v) is 10.9. The number of carbonyl (C=O) groups excluding carboxylic acids is 1. The van der Waals surface area contributed by atoms with E-state index < -0.39 is 29.3 Å². The number of nitrogens with one attached hydrogen (secondary N) is 1. The summed E-state index contributed by atoms with van der Waals surface area (Å²) in [5.74, 6) is -1.67. The van der Waals surface area contributed by atoms with Gasteiger partial charge in [0, 0.05) is 5.92 Å². The first-order chi connectivity index (χ1) is 19.1. The van der Waals surface area contributed by atoms with Crippen molar-refractivity contribution in [3.63, 3.8) is 0 Å². The van der Waals surface area contributed by atoms with Gasteiger partial charge in [0.15, 0.2) is 5.79 Å². The fraction of sp³-hybridized carbons (Fsp3) is 0.469. The van der Waals surface area contributed by atoms with Crippen molar-refractivity contribution in [3.8, 4) is 0 Å². The second kappa shape index (κ2) is 12.2. The Morgan fingerprint density at radius 1 is 1.07 bits per heavy atom. The van der Waals surface area contributed by atoms with Crippen LogP contribution in [-0.4, -0.2) is 48.7 Å². The number of alkyl halides is 3. The Labute approximate surface area is 260 Å². The molecule has 1 aliphatic heterocycles. The Morgan fingerprint density at radius 3 is 2.07 bits per heavy atom. The molecular weight excluding hydrogens is 597 g/mol. The maximum absolute atomic E-state index is 12.9. The predicted octanol–water partition coefficient (Wildman–Crippen LogP) is 6.46. The first-order valence-electron chi connectivity index (χ1n) is 13.9. The van der Waals surface area contributed by atoms with Crippen molar-refractivity contribution < 1.29 is 18.7 Å². The lowest BCUT2D eigenvalue weighted by atomic mass is 9.70. The molecule has 0 radical (unpaired) electrons. The molecule has 4 rings (SSSR count). The highest BCUT2D eigenvalue weighted by atomic mass is 35.6. The zero-order chi connectivity index (χ0) is 30.1. The summed E-state index contributed by atoms with van der Waals surface area (Å²) in [6.07, 6.45) is 4.59. The Hall–Kier alpha value is -1.64. The molecule has 1 fully saturated rings. The van der Waals surface area contributed by atoms with Gasteiger partial charge in [-0.25, -0.2) is 0 Å². The zero-order valence-electron chi connectivity index (χ0n) is 24.4. The average molecular weight is 637 g/mol. The number of hydrogen-bond donors (Lipinski definition) is 1. The number of ether oxygens (including phenoxy) is 2. The summed E-state index contributed by atoms with van der Waals surface area (Å²) in [6.45, 7) is 15.4. The number of halogens is 3. The van der Waals surface area contributed by atoms with E-state index in [0.29, 0.717) is 26.1 Å². The lowest BCUT2D eigenvalue weighted by Crippen LogP contribution is -2.66. The van der Waals surface area contributed by atoms with Crippen molar-refractivity contribution in [2.75, 3.05) is 13.2 Å². The molecule has 1 aliphatic carbocycles. The van der Waals surface area contributed by atoms with Gasteiger partial charge >= 0.3 is 0 Å². The Balaban J connectivity index is 1.71. The second-order valence-electron chi connectivity index (χ2n) is 12.4. The van der Waals surface area contributed by atoms with E-state index in [1.807, 2.05) is 26.0 Å². The summed E-state index contributed by atoms with van der Waals surface area (Å²) in [7, 11) is -2.74. The molecule has 0 saturated carbocycles. The third-order valence-electron chi connectivity index (χ3n) is 8.21. The second-order valence-corrected chi connectivity index (χ2v) is 19.0. The van der Waals surface area contributed by atoms with Crippen molar-refractivity contribution in [3.05, 3.63) is 85.0 Å². The number of hydrogen-bond acceptors (Lipinski definition) is 4. The normalized spacial score (nSPS) is 24.9. The summed E-state index contributed by atoms with van der Waals surface area (Å²) in [6, 6.07) is 21.1. The molecule has 41 heavy (non-hydrogen) atoms. The number of benzene rings is 2. The largest absolute Gasteiger partial charge is 0.403 e. The van der Waals surface area contributed by atoms with Crippen LogP contribution in [0.5, 0.6) is 0 Å². The monoisotopic (exact) mass is 635 g/mol. The molecule has 1 heterocycles. The summed E-state index contributed by atoms with van der Waals surface area (Å²) >= 11 is 17.9. The fourth-order valence-electron chi connectivity index (χ4n) is 6.18. The molecule has 222 valence electrons. The summed E-state index contributed by atoms with van der Waals surface area (Å²) in [4.78, 5) is 12.9. The Morgan fingerprint density at radius 2 is 1.63 bits per heavy atom. The van der Waals surface area contributed by atoms with E-state index in [1.165, 1.54) is 10.4 Å². The van der Waals surface area contributed by atoms with E-state index in [0.717, 1.165) is 5.57 Å². The quantitative estimate of drug-likeness (QED) is 0.205. The van der Waals surface area contributed by atoms with Crippen LogP contribution in [0, 0.1) is 5.92 Å². The van der Waals surface area contributed by atoms with Gasteiger partial charge in [-0.05, 0) is 47.7 Å². The summed E-state index contributed by atoms with van der Waals surface area (Å²) < 4.78 is 17.4. The number of rotatable bonds is 8. The van der Waals surface area contributed by atoms with E-state index in [9.17, 15) is 4.79 Å². The van der Waals surface area contributed by atoms with Crippen molar-refractivity contribution in [1.29, 1.82) is 0 Å². The van der Waals surface area contributed by atoms with Crippen molar-refractivity contribution in [1.82, 2.24) is 5.32 Å². The minimum atomic E-state index is -2.74. The lowest BCUT2D eigenvalue weighted by molar-refractivity contribution is -0.148.